The Morgan fingerprint density at radius 2 is 2.00 bits per heavy atom. The molecule has 0 aliphatic carbocycles. The van der Waals surface area contributed by atoms with Crippen molar-refractivity contribution in [3.05, 3.63) is 27.8 Å². The zero-order chi connectivity index (χ0) is 16.5. The Hall–Kier alpha value is -1.15. The zero-order valence-corrected chi connectivity index (χ0v) is 15.7. The van der Waals surface area contributed by atoms with Gasteiger partial charge in [-0.15, -0.1) is 0 Å². The minimum Gasteiger partial charge on any atom is -0.319 e. The average molecular weight is 389 g/mol. The van der Waals surface area contributed by atoms with Gasteiger partial charge in [0.15, 0.2) is 0 Å². The Morgan fingerprint density at radius 1 is 1.32 bits per heavy atom. The van der Waals surface area contributed by atoms with Crippen LogP contribution in [0.2, 0.25) is 0 Å². The maximum atomic E-state index is 12.8. The first-order valence-corrected chi connectivity index (χ1v) is 9.65. The molecule has 0 bridgehead atoms. The number of rotatable bonds is 6. The molecule has 0 spiro atoms. The molecule has 0 unspecified atom stereocenters. The lowest BCUT2D eigenvalue weighted by Gasteiger charge is -2.09. The van der Waals surface area contributed by atoms with E-state index in [1.54, 1.807) is 17.9 Å². The van der Waals surface area contributed by atoms with Crippen LogP contribution in [0.15, 0.2) is 15.8 Å². The second-order valence-corrected chi connectivity index (χ2v) is 8.16. The van der Waals surface area contributed by atoms with E-state index in [0.29, 0.717) is 16.7 Å². The fourth-order valence-electron chi connectivity index (χ4n) is 2.29. The molecule has 2 aromatic heterocycles. The molecule has 0 amide bonds. The highest BCUT2D eigenvalue weighted by Crippen LogP contribution is 2.23. The molecule has 0 atom stereocenters. The van der Waals surface area contributed by atoms with Crippen molar-refractivity contribution in [2.45, 2.75) is 51.1 Å². The molecular formula is C14H21BrN4O2S. The Morgan fingerprint density at radius 3 is 2.55 bits per heavy atom. The number of halogens is 1. The highest BCUT2D eigenvalue weighted by Gasteiger charge is 2.26. The summed E-state index contributed by atoms with van der Waals surface area (Å²) in [6.07, 6.45) is 3.67. The third-order valence-corrected chi connectivity index (χ3v) is 5.80. The molecule has 2 heterocycles. The molecule has 0 saturated heterocycles. The number of unbranched alkanes of at least 4 members (excludes halogenated alkanes) is 1. The van der Waals surface area contributed by atoms with Crippen molar-refractivity contribution < 1.29 is 8.42 Å². The molecule has 2 aromatic rings. The first-order chi connectivity index (χ1) is 10.3. The average Bonchev–Trinajstić information content (AvgIpc) is 2.88. The van der Waals surface area contributed by atoms with Crippen LogP contribution in [-0.2, 0) is 29.2 Å². The van der Waals surface area contributed by atoms with E-state index in [-0.39, 0.29) is 10.9 Å². The first-order valence-electron chi connectivity index (χ1n) is 7.20. The van der Waals surface area contributed by atoms with Crippen LogP contribution < -0.4 is 0 Å². The molecule has 8 heteroatoms. The van der Waals surface area contributed by atoms with Crippen LogP contribution in [0, 0.1) is 13.8 Å². The molecule has 0 saturated carbocycles. The van der Waals surface area contributed by atoms with Crippen molar-refractivity contribution >= 4 is 25.8 Å². The van der Waals surface area contributed by atoms with Crippen LogP contribution in [0.1, 0.15) is 36.8 Å². The molecule has 0 aliphatic heterocycles. The van der Waals surface area contributed by atoms with Crippen LogP contribution in [0.3, 0.4) is 0 Å². The van der Waals surface area contributed by atoms with Gasteiger partial charge in [-0.25, -0.2) is 13.4 Å². The highest BCUT2D eigenvalue weighted by molar-refractivity contribution is 9.10. The molecule has 22 heavy (non-hydrogen) atoms. The lowest BCUT2D eigenvalue weighted by atomic mass is 10.3. The lowest BCUT2D eigenvalue weighted by molar-refractivity contribution is 0.538. The van der Waals surface area contributed by atoms with Crippen LogP contribution >= 0.6 is 15.9 Å². The number of hydrogen-bond acceptors (Lipinski definition) is 4. The SMILES string of the molecule is CCCCn1c(S(=O)(=O)Cc2nn(C)cc2Br)nc(C)c1C. The van der Waals surface area contributed by atoms with Gasteiger partial charge >= 0.3 is 0 Å². The molecule has 0 N–H and O–H groups in total. The number of aromatic nitrogens is 4. The van der Waals surface area contributed by atoms with Crippen LogP contribution in [-0.4, -0.2) is 27.7 Å². The Labute approximate surface area is 139 Å². The fraction of sp³-hybridized carbons (Fsp3) is 0.571. The lowest BCUT2D eigenvalue weighted by Crippen LogP contribution is -2.14. The molecular weight excluding hydrogens is 368 g/mol. The molecule has 122 valence electrons. The summed E-state index contributed by atoms with van der Waals surface area (Å²) in [5.74, 6) is -0.156. The molecule has 0 aromatic carbocycles. The van der Waals surface area contributed by atoms with Gasteiger partial charge in [0, 0.05) is 25.5 Å². The summed E-state index contributed by atoms with van der Waals surface area (Å²) in [6, 6.07) is 0. The zero-order valence-electron chi connectivity index (χ0n) is 13.3. The van der Waals surface area contributed by atoms with Crippen molar-refractivity contribution in [3.8, 4) is 0 Å². The topological polar surface area (TPSA) is 69.8 Å². The quantitative estimate of drug-likeness (QED) is 0.762. The van der Waals surface area contributed by atoms with Crippen LogP contribution in [0.4, 0.5) is 0 Å². The fourth-order valence-corrected chi connectivity index (χ4v) is 4.53. The van der Waals surface area contributed by atoms with E-state index >= 15 is 0 Å². The number of hydrogen-bond donors (Lipinski definition) is 0. The third-order valence-electron chi connectivity index (χ3n) is 3.62. The molecule has 0 aliphatic rings. The molecule has 2 rings (SSSR count). The predicted octanol–water partition coefficient (Wildman–Crippen LogP) is 2.77. The summed E-state index contributed by atoms with van der Waals surface area (Å²) >= 11 is 3.35. The number of aryl methyl sites for hydroxylation is 2. The summed E-state index contributed by atoms with van der Waals surface area (Å²) in [7, 11) is -1.78. The number of nitrogens with zero attached hydrogens (tertiary/aromatic N) is 4. The van der Waals surface area contributed by atoms with Gasteiger partial charge in [0.05, 0.1) is 15.9 Å². The maximum absolute atomic E-state index is 12.8. The minimum atomic E-state index is -3.54. The summed E-state index contributed by atoms with van der Waals surface area (Å²) in [4.78, 5) is 4.29. The van der Waals surface area contributed by atoms with Gasteiger partial charge in [0.2, 0.25) is 15.0 Å². The van der Waals surface area contributed by atoms with Gasteiger partial charge in [-0.05, 0) is 36.2 Å². The van der Waals surface area contributed by atoms with Gasteiger partial charge in [-0.2, -0.15) is 5.10 Å². The third kappa shape index (κ3) is 3.43. The maximum Gasteiger partial charge on any atom is 0.228 e. The van der Waals surface area contributed by atoms with Crippen molar-refractivity contribution in [3.63, 3.8) is 0 Å². The van der Waals surface area contributed by atoms with Gasteiger partial charge in [-0.3, -0.25) is 4.68 Å². The second-order valence-electron chi connectivity index (χ2n) is 5.43. The van der Waals surface area contributed by atoms with E-state index in [1.807, 2.05) is 18.4 Å². The standard InChI is InChI=1S/C14H21BrN4O2S/c1-5-6-7-19-11(3)10(2)16-14(19)22(20,21)9-13-12(15)8-18(4)17-13/h8H,5-7,9H2,1-4H3. The predicted molar refractivity (Wildman–Crippen MR) is 88.4 cm³/mol. The summed E-state index contributed by atoms with van der Waals surface area (Å²) < 4.78 is 29.6. The van der Waals surface area contributed by atoms with E-state index < -0.39 is 9.84 Å². The van der Waals surface area contributed by atoms with E-state index in [1.165, 1.54) is 0 Å². The van der Waals surface area contributed by atoms with Crippen LogP contribution in [0.5, 0.6) is 0 Å². The summed E-state index contributed by atoms with van der Waals surface area (Å²) in [6.45, 7) is 6.50. The molecule has 6 nitrogen and oxygen atoms in total. The smallest absolute Gasteiger partial charge is 0.228 e. The molecule has 0 fully saturated rings. The van der Waals surface area contributed by atoms with Gasteiger partial charge in [-0.1, -0.05) is 13.3 Å². The van der Waals surface area contributed by atoms with Gasteiger partial charge in [0.1, 0.15) is 5.75 Å². The number of sulfone groups is 1. The van der Waals surface area contributed by atoms with E-state index in [9.17, 15) is 8.42 Å². The monoisotopic (exact) mass is 388 g/mol. The Kier molecular flexibility index (Phi) is 5.11. The Balaban J connectivity index is 2.41. The van der Waals surface area contributed by atoms with E-state index in [0.717, 1.165) is 24.2 Å². The van der Waals surface area contributed by atoms with E-state index in [4.69, 9.17) is 0 Å². The highest BCUT2D eigenvalue weighted by atomic mass is 79.9. The summed E-state index contributed by atoms with van der Waals surface area (Å²) in [5, 5.41) is 4.34. The van der Waals surface area contributed by atoms with Crippen molar-refractivity contribution in [1.29, 1.82) is 0 Å². The normalized spacial score (nSPS) is 12.0. The van der Waals surface area contributed by atoms with Gasteiger partial charge in [0.25, 0.3) is 0 Å². The van der Waals surface area contributed by atoms with Crippen molar-refractivity contribution in [1.82, 2.24) is 19.3 Å². The summed E-state index contributed by atoms with van der Waals surface area (Å²) in [5.41, 5.74) is 2.17. The van der Waals surface area contributed by atoms with Crippen molar-refractivity contribution in [2.24, 2.45) is 7.05 Å². The largest absolute Gasteiger partial charge is 0.319 e. The number of imidazole rings is 1. The molecule has 0 radical (unpaired) electrons. The second kappa shape index (κ2) is 6.54. The van der Waals surface area contributed by atoms with Gasteiger partial charge < -0.3 is 4.57 Å². The van der Waals surface area contributed by atoms with E-state index in [2.05, 4.69) is 32.9 Å². The van der Waals surface area contributed by atoms with Crippen LogP contribution in [0.25, 0.3) is 0 Å². The minimum absolute atomic E-state index is 0.147. The Bertz CT molecular complexity index is 777. The van der Waals surface area contributed by atoms with Crippen molar-refractivity contribution in [2.75, 3.05) is 0 Å². The first kappa shape index (κ1) is 17.2.